The lowest BCUT2D eigenvalue weighted by Crippen LogP contribution is -2.49. The Hall–Kier alpha value is -2.77. The summed E-state index contributed by atoms with van der Waals surface area (Å²) in [5.41, 5.74) is 3.72. The van der Waals surface area contributed by atoms with E-state index >= 15 is 0 Å². The van der Waals surface area contributed by atoms with Gasteiger partial charge in [0.1, 0.15) is 17.2 Å². The Bertz CT molecular complexity index is 1020. The van der Waals surface area contributed by atoms with Crippen molar-refractivity contribution < 1.29 is 19.0 Å². The molecule has 7 heteroatoms. The van der Waals surface area contributed by atoms with Crippen molar-refractivity contribution in [2.24, 2.45) is 0 Å². The van der Waals surface area contributed by atoms with E-state index in [2.05, 4.69) is 28.0 Å². The maximum atomic E-state index is 13.3. The Morgan fingerprint density at radius 1 is 1.00 bits per heavy atom. The first-order valence-corrected chi connectivity index (χ1v) is 12.4. The molecule has 0 saturated carbocycles. The fourth-order valence-corrected chi connectivity index (χ4v) is 5.47. The lowest BCUT2D eigenvalue weighted by atomic mass is 10.0. The molecule has 1 amide bonds. The molecule has 2 aromatic rings. The summed E-state index contributed by atoms with van der Waals surface area (Å²) in [5.74, 6) is 2.86. The van der Waals surface area contributed by atoms with Crippen LogP contribution in [0.3, 0.4) is 0 Å². The third-order valence-corrected chi connectivity index (χ3v) is 7.35. The fourth-order valence-electron chi connectivity index (χ4n) is 5.47. The molecule has 2 saturated heterocycles. The van der Waals surface area contributed by atoms with Gasteiger partial charge in [0, 0.05) is 51.3 Å². The third kappa shape index (κ3) is 4.86. The zero-order valence-corrected chi connectivity index (χ0v) is 20.3. The maximum Gasteiger partial charge on any atom is 0.237 e. The van der Waals surface area contributed by atoms with Gasteiger partial charge >= 0.3 is 0 Å². The second kappa shape index (κ2) is 10.2. The second-order valence-corrected chi connectivity index (χ2v) is 9.45. The summed E-state index contributed by atoms with van der Waals surface area (Å²) in [6.45, 7) is 6.83. The summed E-state index contributed by atoms with van der Waals surface area (Å²) >= 11 is 0. The van der Waals surface area contributed by atoms with Crippen LogP contribution in [0.1, 0.15) is 35.6 Å². The lowest BCUT2D eigenvalue weighted by Gasteiger charge is -2.36. The van der Waals surface area contributed by atoms with Gasteiger partial charge in [-0.1, -0.05) is 12.1 Å². The van der Waals surface area contributed by atoms with Crippen LogP contribution in [0.15, 0.2) is 36.4 Å². The van der Waals surface area contributed by atoms with Crippen LogP contribution in [0, 0.1) is 0 Å². The highest BCUT2D eigenvalue weighted by atomic mass is 16.5. The number of nitrogens with zero attached hydrogens (tertiary/aromatic N) is 3. The monoisotopic (exact) mass is 465 g/mol. The van der Waals surface area contributed by atoms with E-state index in [1.54, 1.807) is 14.2 Å². The Morgan fingerprint density at radius 2 is 1.82 bits per heavy atom. The first-order chi connectivity index (χ1) is 16.6. The van der Waals surface area contributed by atoms with Crippen molar-refractivity contribution in [2.45, 2.75) is 31.8 Å². The molecule has 3 aliphatic rings. The van der Waals surface area contributed by atoms with Gasteiger partial charge in [-0.3, -0.25) is 14.6 Å². The number of rotatable bonds is 7. The topological polar surface area (TPSA) is 54.5 Å². The molecule has 3 aliphatic heterocycles. The van der Waals surface area contributed by atoms with Gasteiger partial charge in [0.15, 0.2) is 0 Å². The third-order valence-electron chi connectivity index (χ3n) is 7.35. The van der Waals surface area contributed by atoms with E-state index in [1.807, 2.05) is 23.1 Å². The SMILES string of the molecule is COc1ccc(OC)c([C@H]2CCCN2C(=O)CN2CCN(Cc3ccc4c(c3)CCO4)CC2)c1. The smallest absolute Gasteiger partial charge is 0.237 e. The average molecular weight is 466 g/mol. The number of ether oxygens (including phenoxy) is 3. The summed E-state index contributed by atoms with van der Waals surface area (Å²) in [5, 5.41) is 0. The minimum atomic E-state index is 0.0441. The number of fused-ring (bicyclic) bond motifs is 1. The second-order valence-electron chi connectivity index (χ2n) is 9.45. The van der Waals surface area contributed by atoms with Crippen LogP contribution in [-0.2, 0) is 17.8 Å². The molecule has 2 fully saturated rings. The molecule has 3 heterocycles. The Balaban J connectivity index is 1.16. The fraction of sp³-hybridized carbons (Fsp3) is 0.519. The minimum absolute atomic E-state index is 0.0441. The number of methoxy groups -OCH3 is 2. The van der Waals surface area contributed by atoms with E-state index in [9.17, 15) is 4.79 Å². The van der Waals surface area contributed by atoms with Crippen LogP contribution in [0.2, 0.25) is 0 Å². The molecule has 5 rings (SSSR count). The van der Waals surface area contributed by atoms with Crippen molar-refractivity contribution in [1.29, 1.82) is 0 Å². The van der Waals surface area contributed by atoms with Crippen molar-refractivity contribution in [2.75, 3.05) is 60.1 Å². The first-order valence-electron chi connectivity index (χ1n) is 12.4. The highest BCUT2D eigenvalue weighted by Crippen LogP contribution is 2.39. The van der Waals surface area contributed by atoms with Crippen LogP contribution in [-0.4, -0.2) is 80.7 Å². The van der Waals surface area contributed by atoms with Crippen molar-refractivity contribution in [3.8, 4) is 17.2 Å². The minimum Gasteiger partial charge on any atom is -0.497 e. The predicted molar refractivity (Wildman–Crippen MR) is 131 cm³/mol. The molecule has 2 aromatic carbocycles. The highest BCUT2D eigenvalue weighted by Gasteiger charge is 2.33. The van der Waals surface area contributed by atoms with Crippen molar-refractivity contribution in [1.82, 2.24) is 14.7 Å². The predicted octanol–water partition coefficient (Wildman–Crippen LogP) is 3.12. The molecule has 0 unspecified atom stereocenters. The van der Waals surface area contributed by atoms with Crippen LogP contribution in [0.25, 0.3) is 0 Å². The summed E-state index contributed by atoms with van der Waals surface area (Å²) in [4.78, 5) is 20.1. The number of hydrogen-bond donors (Lipinski definition) is 0. The summed E-state index contributed by atoms with van der Waals surface area (Å²) in [7, 11) is 3.35. The average Bonchev–Trinajstić information content (AvgIpc) is 3.54. The van der Waals surface area contributed by atoms with Crippen LogP contribution >= 0.6 is 0 Å². The molecule has 0 aliphatic carbocycles. The van der Waals surface area contributed by atoms with E-state index < -0.39 is 0 Å². The van der Waals surface area contributed by atoms with E-state index in [-0.39, 0.29) is 11.9 Å². The molecule has 0 N–H and O–H groups in total. The van der Waals surface area contributed by atoms with Crippen LogP contribution < -0.4 is 14.2 Å². The molecule has 0 aromatic heterocycles. The zero-order valence-electron chi connectivity index (χ0n) is 20.3. The quantitative estimate of drug-likeness (QED) is 0.626. The molecular formula is C27H35N3O4. The zero-order chi connectivity index (χ0) is 23.5. The van der Waals surface area contributed by atoms with Crippen molar-refractivity contribution in [3.63, 3.8) is 0 Å². The number of hydrogen-bond acceptors (Lipinski definition) is 6. The number of likely N-dealkylation sites (tertiary alicyclic amines) is 1. The van der Waals surface area contributed by atoms with Gasteiger partial charge in [-0.05, 0) is 48.2 Å². The maximum absolute atomic E-state index is 13.3. The molecular weight excluding hydrogens is 430 g/mol. The highest BCUT2D eigenvalue weighted by molar-refractivity contribution is 5.79. The number of piperazine rings is 1. The van der Waals surface area contributed by atoms with Gasteiger partial charge < -0.3 is 19.1 Å². The van der Waals surface area contributed by atoms with Crippen molar-refractivity contribution in [3.05, 3.63) is 53.1 Å². The molecule has 182 valence electrons. The van der Waals surface area contributed by atoms with Gasteiger partial charge in [-0.2, -0.15) is 0 Å². The van der Waals surface area contributed by atoms with Crippen LogP contribution in [0.5, 0.6) is 17.2 Å². The molecule has 0 radical (unpaired) electrons. The number of carbonyl (C=O) groups is 1. The number of benzene rings is 2. The standard InChI is InChI=1S/C27H35N3O4/c1-32-22-6-8-26(33-2)23(17-22)24-4-3-10-30(24)27(31)19-29-13-11-28(12-14-29)18-20-5-7-25-21(16-20)9-15-34-25/h5-8,16-17,24H,3-4,9-15,18-19H2,1-2H3/t24-/m1/s1. The van der Waals surface area contributed by atoms with E-state index in [0.717, 1.165) is 87.9 Å². The van der Waals surface area contributed by atoms with Crippen LogP contribution in [0.4, 0.5) is 0 Å². The summed E-state index contributed by atoms with van der Waals surface area (Å²) in [6, 6.07) is 12.5. The Labute approximate surface area is 202 Å². The van der Waals surface area contributed by atoms with Gasteiger partial charge in [0.05, 0.1) is 33.4 Å². The molecule has 0 spiro atoms. The van der Waals surface area contributed by atoms with Gasteiger partial charge in [0.2, 0.25) is 5.91 Å². The van der Waals surface area contributed by atoms with E-state index in [0.29, 0.717) is 6.54 Å². The first kappa shape index (κ1) is 23.0. The van der Waals surface area contributed by atoms with Crippen molar-refractivity contribution >= 4 is 5.91 Å². The van der Waals surface area contributed by atoms with E-state index in [1.165, 1.54) is 11.1 Å². The molecule has 34 heavy (non-hydrogen) atoms. The lowest BCUT2D eigenvalue weighted by molar-refractivity contribution is -0.133. The summed E-state index contributed by atoms with van der Waals surface area (Å²) in [6.07, 6.45) is 2.98. The molecule has 7 nitrogen and oxygen atoms in total. The molecule has 0 bridgehead atoms. The Morgan fingerprint density at radius 3 is 2.62 bits per heavy atom. The number of carbonyl (C=O) groups excluding carboxylic acids is 1. The van der Waals surface area contributed by atoms with Gasteiger partial charge in [-0.25, -0.2) is 0 Å². The Kier molecular flexibility index (Phi) is 6.92. The van der Waals surface area contributed by atoms with E-state index in [4.69, 9.17) is 14.2 Å². The van der Waals surface area contributed by atoms with Gasteiger partial charge in [0.25, 0.3) is 0 Å². The van der Waals surface area contributed by atoms with Gasteiger partial charge in [-0.15, -0.1) is 0 Å². The number of amides is 1. The summed E-state index contributed by atoms with van der Waals surface area (Å²) < 4.78 is 16.7. The molecule has 1 atom stereocenters. The normalized spacial score (nSPS) is 20.8. The largest absolute Gasteiger partial charge is 0.497 e.